The number of rotatable bonds is 4. The smallest absolute Gasteiger partial charge is 0.110 e. The third-order valence-corrected chi connectivity index (χ3v) is 6.23. The number of aryl methyl sites for hydroxylation is 6. The van der Waals surface area contributed by atoms with Crippen LogP contribution in [0.5, 0.6) is 0 Å². The highest BCUT2D eigenvalue weighted by molar-refractivity contribution is 6.05. The fourth-order valence-corrected chi connectivity index (χ4v) is 4.42. The first-order chi connectivity index (χ1) is 14.6. The van der Waals surface area contributed by atoms with Crippen LogP contribution < -0.4 is 0 Å². The molecular formula is C26H26N4. The van der Waals surface area contributed by atoms with Gasteiger partial charge in [0.1, 0.15) is 5.82 Å². The first-order valence-corrected chi connectivity index (χ1v) is 10.6. The van der Waals surface area contributed by atoms with E-state index < -0.39 is 0 Å². The van der Waals surface area contributed by atoms with Gasteiger partial charge in [0.15, 0.2) is 0 Å². The van der Waals surface area contributed by atoms with Gasteiger partial charge in [-0.05, 0) is 54.8 Å². The van der Waals surface area contributed by atoms with Crippen LogP contribution in [0.4, 0.5) is 0 Å². The minimum absolute atomic E-state index is 0.825. The van der Waals surface area contributed by atoms with Gasteiger partial charge in [-0.3, -0.25) is 4.98 Å². The van der Waals surface area contributed by atoms with Crippen molar-refractivity contribution in [2.75, 3.05) is 0 Å². The van der Waals surface area contributed by atoms with E-state index in [1.807, 2.05) is 6.20 Å². The summed E-state index contributed by atoms with van der Waals surface area (Å²) in [5, 5.41) is 2.55. The zero-order valence-corrected chi connectivity index (χ0v) is 18.0. The summed E-state index contributed by atoms with van der Waals surface area (Å²) < 4.78 is 2.22. The second kappa shape index (κ2) is 7.21. The first kappa shape index (κ1) is 18.7. The summed E-state index contributed by atoms with van der Waals surface area (Å²) in [6.45, 7) is 6.39. The van der Waals surface area contributed by atoms with Crippen LogP contribution in [0.15, 0.2) is 48.7 Å². The van der Waals surface area contributed by atoms with E-state index in [-0.39, 0.29) is 0 Å². The molecule has 30 heavy (non-hydrogen) atoms. The number of benzene rings is 3. The molecule has 0 N–H and O–H groups in total. The molecule has 5 rings (SSSR count). The zero-order chi connectivity index (χ0) is 20.8. The summed E-state index contributed by atoms with van der Waals surface area (Å²) >= 11 is 0. The van der Waals surface area contributed by atoms with Gasteiger partial charge in [-0.25, -0.2) is 9.97 Å². The van der Waals surface area contributed by atoms with Crippen LogP contribution in [0.2, 0.25) is 0 Å². The third-order valence-electron chi connectivity index (χ3n) is 6.23. The monoisotopic (exact) mass is 394 g/mol. The Hall–Kier alpha value is -3.27. The molecule has 0 saturated heterocycles. The maximum atomic E-state index is 5.04. The summed E-state index contributed by atoms with van der Waals surface area (Å²) in [5.41, 5.74) is 9.02. The molecule has 0 aliphatic rings. The molecule has 2 heterocycles. The Morgan fingerprint density at radius 3 is 2.40 bits per heavy atom. The van der Waals surface area contributed by atoms with Gasteiger partial charge in [0.2, 0.25) is 0 Å². The van der Waals surface area contributed by atoms with Crippen LogP contribution in [0.1, 0.15) is 35.1 Å². The molecule has 150 valence electrons. The Kier molecular flexibility index (Phi) is 4.50. The Morgan fingerprint density at radius 1 is 0.800 bits per heavy atom. The summed E-state index contributed by atoms with van der Waals surface area (Å²) in [4.78, 5) is 14.6. The van der Waals surface area contributed by atoms with E-state index in [4.69, 9.17) is 9.97 Å². The molecule has 5 aromatic rings. The Morgan fingerprint density at radius 2 is 1.60 bits per heavy atom. The Balaban J connectivity index is 1.51. The predicted molar refractivity (Wildman–Crippen MR) is 124 cm³/mol. The highest BCUT2D eigenvalue weighted by atomic mass is 15.1. The lowest BCUT2D eigenvalue weighted by Crippen LogP contribution is -2.03. The average molecular weight is 395 g/mol. The average Bonchev–Trinajstić information content (AvgIpc) is 3.10. The fraction of sp³-hybridized carbons (Fsp3) is 0.269. The van der Waals surface area contributed by atoms with Crippen molar-refractivity contribution in [3.05, 3.63) is 76.9 Å². The van der Waals surface area contributed by atoms with E-state index in [9.17, 15) is 0 Å². The van der Waals surface area contributed by atoms with E-state index in [1.165, 1.54) is 33.0 Å². The highest BCUT2D eigenvalue weighted by Crippen LogP contribution is 2.28. The summed E-state index contributed by atoms with van der Waals surface area (Å²) in [5.74, 6) is 1.09. The van der Waals surface area contributed by atoms with Crippen molar-refractivity contribution >= 4 is 32.8 Å². The number of hydrogen-bond donors (Lipinski definition) is 0. The van der Waals surface area contributed by atoms with Crippen LogP contribution in [0.3, 0.4) is 0 Å². The van der Waals surface area contributed by atoms with Crippen molar-refractivity contribution in [1.29, 1.82) is 0 Å². The van der Waals surface area contributed by atoms with Crippen LogP contribution in [0, 0.1) is 13.8 Å². The predicted octanol–water partition coefficient (Wildman–Crippen LogP) is 5.63. The minimum Gasteiger partial charge on any atom is -0.331 e. The standard InChI is InChI=1S/C26H26N4/c1-5-18-7-6-8-21-20(18)12-13-22-26(21)29-23(30(22)4)14-11-19-15-27-24-16(2)9-10-17(3)25(24)28-19/h6-10,12-13,15H,5,11,14H2,1-4H3. The van der Waals surface area contributed by atoms with Crippen LogP contribution in [0.25, 0.3) is 32.8 Å². The SMILES string of the molecule is CCc1cccc2c1ccc1c2nc(CCc2cnc3c(C)ccc(C)c3n2)n1C. The molecule has 4 heteroatoms. The van der Waals surface area contributed by atoms with Crippen molar-refractivity contribution in [3.63, 3.8) is 0 Å². The van der Waals surface area contributed by atoms with E-state index in [0.717, 1.165) is 47.3 Å². The molecule has 0 aliphatic heterocycles. The largest absolute Gasteiger partial charge is 0.331 e. The van der Waals surface area contributed by atoms with Gasteiger partial charge in [0.25, 0.3) is 0 Å². The quantitative estimate of drug-likeness (QED) is 0.396. The summed E-state index contributed by atoms with van der Waals surface area (Å²) in [6, 6.07) is 15.2. The molecule has 4 nitrogen and oxygen atoms in total. The molecule has 0 fully saturated rings. The molecule has 0 atom stereocenters. The zero-order valence-electron chi connectivity index (χ0n) is 18.0. The Labute approximate surface area is 176 Å². The second-order valence-corrected chi connectivity index (χ2v) is 8.14. The lowest BCUT2D eigenvalue weighted by Gasteiger charge is -2.07. The van der Waals surface area contributed by atoms with Crippen molar-refractivity contribution < 1.29 is 0 Å². The fourth-order valence-electron chi connectivity index (χ4n) is 4.42. The lowest BCUT2D eigenvalue weighted by atomic mass is 10.0. The van der Waals surface area contributed by atoms with Crippen LogP contribution >= 0.6 is 0 Å². The number of aromatic nitrogens is 4. The normalized spacial score (nSPS) is 11.7. The van der Waals surface area contributed by atoms with Crippen LogP contribution in [-0.4, -0.2) is 19.5 Å². The molecule has 0 saturated carbocycles. The summed E-state index contributed by atoms with van der Waals surface area (Å²) in [7, 11) is 2.11. The topological polar surface area (TPSA) is 43.6 Å². The van der Waals surface area contributed by atoms with E-state index in [1.54, 1.807) is 0 Å². The van der Waals surface area contributed by atoms with Crippen molar-refractivity contribution in [2.24, 2.45) is 7.05 Å². The molecule has 3 aromatic carbocycles. The minimum atomic E-state index is 0.825. The maximum Gasteiger partial charge on any atom is 0.110 e. The molecule has 2 aromatic heterocycles. The van der Waals surface area contributed by atoms with E-state index >= 15 is 0 Å². The van der Waals surface area contributed by atoms with Gasteiger partial charge in [-0.2, -0.15) is 0 Å². The van der Waals surface area contributed by atoms with Gasteiger partial charge >= 0.3 is 0 Å². The van der Waals surface area contributed by atoms with Gasteiger partial charge in [-0.1, -0.05) is 43.3 Å². The lowest BCUT2D eigenvalue weighted by molar-refractivity contribution is 0.775. The molecule has 0 bridgehead atoms. The molecule has 0 radical (unpaired) electrons. The highest BCUT2D eigenvalue weighted by Gasteiger charge is 2.13. The molecule has 0 aliphatic carbocycles. The van der Waals surface area contributed by atoms with Crippen LogP contribution in [-0.2, 0) is 26.3 Å². The van der Waals surface area contributed by atoms with Crippen molar-refractivity contribution in [2.45, 2.75) is 40.0 Å². The summed E-state index contributed by atoms with van der Waals surface area (Å²) in [6.07, 6.45) is 4.61. The molecule has 0 spiro atoms. The number of imidazole rings is 1. The first-order valence-electron chi connectivity index (χ1n) is 10.6. The van der Waals surface area contributed by atoms with E-state index in [0.29, 0.717) is 0 Å². The van der Waals surface area contributed by atoms with E-state index in [2.05, 4.69) is 79.8 Å². The second-order valence-electron chi connectivity index (χ2n) is 8.14. The third kappa shape index (κ3) is 2.95. The number of nitrogens with zero attached hydrogens (tertiary/aromatic N) is 4. The van der Waals surface area contributed by atoms with Gasteiger partial charge in [0, 0.05) is 25.1 Å². The van der Waals surface area contributed by atoms with Crippen molar-refractivity contribution in [1.82, 2.24) is 19.5 Å². The van der Waals surface area contributed by atoms with Gasteiger partial charge < -0.3 is 4.57 Å². The maximum absolute atomic E-state index is 5.04. The molecular weight excluding hydrogens is 368 g/mol. The molecule has 0 unspecified atom stereocenters. The van der Waals surface area contributed by atoms with Gasteiger partial charge in [-0.15, -0.1) is 0 Å². The Bertz CT molecular complexity index is 1410. The number of hydrogen-bond acceptors (Lipinski definition) is 3. The molecule has 0 amide bonds. The van der Waals surface area contributed by atoms with Gasteiger partial charge in [0.05, 0.1) is 27.8 Å². The number of fused-ring (bicyclic) bond motifs is 4. The van der Waals surface area contributed by atoms with Crippen molar-refractivity contribution in [3.8, 4) is 0 Å².